The van der Waals surface area contributed by atoms with Crippen LogP contribution >= 0.6 is 0 Å². The SMILES string of the molecule is COCCOCCOCCOCCOCCOCCOCCOCCOCCOCCOCCOCCOCCOCCOCCOCCOCCOCCOCCOCCOCCOCCOCCOCCC(=O)NCCCC[C@H](CC(=O)[C@@H](NC(=O)CCCC(=O)C(C)(C)C)C(C)C)C(=O)Nc1ccc(COC(=O)C(C)(C)C)cc1. The molecule has 0 aliphatic heterocycles. The molecule has 0 heterocycles. The van der Waals surface area contributed by atoms with Crippen molar-refractivity contribution in [2.75, 3.05) is 329 Å². The number of unbranched alkanes of at least 4 members (excludes halogenated alkanes) is 1. The highest BCUT2D eigenvalue weighted by Crippen LogP contribution is 2.23. The van der Waals surface area contributed by atoms with Gasteiger partial charge < -0.3 is 134 Å². The molecule has 0 aliphatic rings. The van der Waals surface area contributed by atoms with E-state index < -0.39 is 22.8 Å². The van der Waals surface area contributed by atoms with Crippen LogP contribution in [0.1, 0.15) is 112 Å². The summed E-state index contributed by atoms with van der Waals surface area (Å²) in [5.41, 5.74) is 0.109. The van der Waals surface area contributed by atoms with Crippen molar-refractivity contribution in [3.05, 3.63) is 29.8 Å². The number of Topliss-reactive ketones (excluding diaryl/α,β-unsaturated/α-hetero) is 2. The average Bonchev–Trinajstić information content (AvgIpc) is 0.861. The number of methoxy groups -OCH3 is 1. The Balaban J connectivity index is 1.86. The van der Waals surface area contributed by atoms with Gasteiger partial charge in [-0.25, -0.2) is 0 Å². The zero-order chi connectivity index (χ0) is 85.3. The number of hydrogen-bond acceptors (Lipinski definition) is 31. The molecule has 0 unspecified atom stereocenters. The highest BCUT2D eigenvalue weighted by Gasteiger charge is 2.30. The first kappa shape index (κ1) is 110. The molecule has 0 spiro atoms. The van der Waals surface area contributed by atoms with Crippen LogP contribution in [0.4, 0.5) is 5.69 Å². The molecule has 3 N–H and O–H groups in total. The van der Waals surface area contributed by atoms with Gasteiger partial charge in [0, 0.05) is 56.4 Å². The Morgan fingerprint density at radius 1 is 0.333 bits per heavy atom. The van der Waals surface area contributed by atoms with E-state index in [1.54, 1.807) is 52.1 Å². The lowest BCUT2D eigenvalue weighted by molar-refractivity contribution is -0.154. The van der Waals surface area contributed by atoms with E-state index >= 15 is 0 Å². The number of esters is 1. The Hall–Kier alpha value is -4.52. The van der Waals surface area contributed by atoms with Gasteiger partial charge in [-0.1, -0.05) is 53.2 Å². The van der Waals surface area contributed by atoms with Crippen LogP contribution in [0, 0.1) is 22.7 Å². The largest absolute Gasteiger partial charge is 0.460 e. The average molecular weight is 1690 g/mol. The molecule has 34 heteroatoms. The van der Waals surface area contributed by atoms with E-state index in [2.05, 4.69) is 16.0 Å². The third-order valence-corrected chi connectivity index (χ3v) is 16.4. The second-order valence-corrected chi connectivity index (χ2v) is 28.9. The Labute approximate surface area is 697 Å². The molecular weight excluding hydrogens is 1530 g/mol. The highest BCUT2D eigenvalue weighted by atomic mass is 16.6. The van der Waals surface area contributed by atoms with Gasteiger partial charge in [0.25, 0.3) is 0 Å². The Kier molecular flexibility index (Phi) is 76.6. The fourth-order valence-electron chi connectivity index (χ4n) is 9.72. The van der Waals surface area contributed by atoms with Crippen LogP contribution in [0.3, 0.4) is 0 Å². The molecular formula is C83H151N3O31. The van der Waals surface area contributed by atoms with Gasteiger partial charge in [0.15, 0.2) is 5.78 Å². The minimum atomic E-state index is -0.821. The van der Waals surface area contributed by atoms with E-state index in [9.17, 15) is 28.8 Å². The number of ether oxygens (including phenoxy) is 25. The second-order valence-electron chi connectivity index (χ2n) is 28.9. The van der Waals surface area contributed by atoms with Gasteiger partial charge in [0.1, 0.15) is 12.4 Å². The Morgan fingerprint density at radius 3 is 0.897 bits per heavy atom. The fourth-order valence-corrected chi connectivity index (χ4v) is 9.72. The number of amides is 3. The number of rotatable bonds is 90. The summed E-state index contributed by atoms with van der Waals surface area (Å²) in [4.78, 5) is 77.9. The Bertz CT molecular complexity index is 2450. The number of nitrogens with one attached hydrogen (secondary N) is 3. The smallest absolute Gasteiger partial charge is 0.311 e. The predicted molar refractivity (Wildman–Crippen MR) is 435 cm³/mol. The molecule has 117 heavy (non-hydrogen) atoms. The molecule has 3 amide bonds. The maximum absolute atomic E-state index is 13.8. The molecule has 0 saturated carbocycles. The van der Waals surface area contributed by atoms with Gasteiger partial charge in [-0.2, -0.15) is 0 Å². The van der Waals surface area contributed by atoms with Crippen LogP contribution < -0.4 is 16.0 Å². The van der Waals surface area contributed by atoms with Crippen molar-refractivity contribution in [3.63, 3.8) is 0 Å². The first-order valence-electron chi connectivity index (χ1n) is 41.8. The zero-order valence-corrected chi connectivity index (χ0v) is 72.5. The van der Waals surface area contributed by atoms with E-state index in [1.165, 1.54) is 0 Å². The highest BCUT2D eigenvalue weighted by molar-refractivity contribution is 5.97. The molecule has 0 fully saturated rings. The van der Waals surface area contributed by atoms with E-state index in [-0.39, 0.29) is 80.1 Å². The molecule has 1 aromatic rings. The number of carbonyl (C=O) groups is 6. The number of hydrogen-bond donors (Lipinski definition) is 3. The van der Waals surface area contributed by atoms with Crippen LogP contribution in [0.2, 0.25) is 0 Å². The van der Waals surface area contributed by atoms with Crippen molar-refractivity contribution < 1.29 is 147 Å². The normalized spacial score (nSPS) is 12.4. The van der Waals surface area contributed by atoms with E-state index in [1.807, 2.05) is 34.6 Å². The Morgan fingerprint density at radius 2 is 0.624 bits per heavy atom. The molecule has 0 radical (unpaired) electrons. The molecule has 0 aliphatic carbocycles. The number of ketones is 2. The number of benzene rings is 1. The van der Waals surface area contributed by atoms with Crippen molar-refractivity contribution in [1.29, 1.82) is 0 Å². The third kappa shape index (κ3) is 75.0. The molecule has 0 saturated heterocycles. The minimum absolute atomic E-state index is 0.0600. The van der Waals surface area contributed by atoms with Gasteiger partial charge in [0.2, 0.25) is 17.7 Å². The van der Waals surface area contributed by atoms with E-state index in [4.69, 9.17) is 118 Å². The van der Waals surface area contributed by atoms with Crippen LogP contribution in [0.5, 0.6) is 0 Å². The summed E-state index contributed by atoms with van der Waals surface area (Å²) < 4.78 is 137. The monoisotopic (exact) mass is 1690 g/mol. The zero-order valence-electron chi connectivity index (χ0n) is 72.5. The molecule has 0 bridgehead atoms. The third-order valence-electron chi connectivity index (χ3n) is 16.4. The maximum Gasteiger partial charge on any atom is 0.311 e. The van der Waals surface area contributed by atoms with Gasteiger partial charge in [0.05, 0.1) is 322 Å². The minimum Gasteiger partial charge on any atom is -0.460 e. The van der Waals surface area contributed by atoms with E-state index in [0.717, 1.165) is 5.56 Å². The molecule has 0 aromatic heterocycles. The van der Waals surface area contributed by atoms with Crippen molar-refractivity contribution in [1.82, 2.24) is 10.6 Å². The van der Waals surface area contributed by atoms with Crippen molar-refractivity contribution in [3.8, 4) is 0 Å². The fraction of sp³-hybridized carbons (Fsp3) is 0.855. The summed E-state index contributed by atoms with van der Waals surface area (Å²) in [5.74, 6) is -2.37. The lowest BCUT2D eigenvalue weighted by atomic mass is 9.87. The summed E-state index contributed by atoms with van der Waals surface area (Å²) >= 11 is 0. The van der Waals surface area contributed by atoms with Gasteiger partial charge in [-0.3, -0.25) is 28.8 Å². The van der Waals surface area contributed by atoms with Crippen molar-refractivity contribution in [2.45, 2.75) is 119 Å². The topological polar surface area (TPSA) is 369 Å². The summed E-state index contributed by atoms with van der Waals surface area (Å²) in [6.07, 6.45) is 2.23. The molecule has 1 aromatic carbocycles. The van der Waals surface area contributed by atoms with Gasteiger partial charge in [-0.15, -0.1) is 0 Å². The lowest BCUT2D eigenvalue weighted by Crippen LogP contribution is -2.45. The lowest BCUT2D eigenvalue weighted by Gasteiger charge is -2.24. The quantitative estimate of drug-likeness (QED) is 0.0503. The van der Waals surface area contributed by atoms with Crippen molar-refractivity contribution in [2.24, 2.45) is 22.7 Å². The summed E-state index contributed by atoms with van der Waals surface area (Å²) in [6.45, 7) is 36.7. The summed E-state index contributed by atoms with van der Waals surface area (Å²) in [5, 5.41) is 8.68. The van der Waals surface area contributed by atoms with E-state index in [0.29, 0.717) is 342 Å². The predicted octanol–water partition coefficient (Wildman–Crippen LogP) is 5.92. The standard InChI is InChI=1S/C83H151N3O31/c1-71(2)79(86-78(90)15-12-14-76(88)82(3,4)5)75(87)69-73(80(91)85-74-18-16-72(17-19-74)70-117-81(92)83(6,7)8)13-10-11-21-84-77(89)20-22-94-25-26-96-29-30-98-33-34-100-37-38-102-41-42-104-45-46-106-49-50-108-53-54-110-57-58-112-61-62-114-65-66-116-68-67-115-64-63-113-60-59-111-56-55-109-52-51-107-48-47-105-44-43-103-40-39-101-36-35-99-32-31-97-28-27-95-24-23-93-9/h16-19,71,73,79H,10-15,20-70H2,1-9H3,(H,84,89)(H,85,91)(H,86,90)/t73-,79+/m1/s1. The second kappa shape index (κ2) is 81.2. The maximum atomic E-state index is 13.8. The first-order chi connectivity index (χ1) is 56.8. The van der Waals surface area contributed by atoms with Crippen LogP contribution in [-0.2, 0) is 154 Å². The first-order valence-corrected chi connectivity index (χ1v) is 41.8. The number of carbonyl (C=O) groups excluding carboxylic acids is 6. The van der Waals surface area contributed by atoms with Gasteiger partial charge >= 0.3 is 5.97 Å². The van der Waals surface area contributed by atoms with Crippen LogP contribution in [0.25, 0.3) is 0 Å². The van der Waals surface area contributed by atoms with Crippen LogP contribution in [-0.4, -0.2) is 365 Å². The molecule has 1 rings (SSSR count). The molecule has 34 nitrogen and oxygen atoms in total. The summed E-state index contributed by atoms with van der Waals surface area (Å²) in [7, 11) is 1.64. The number of anilines is 1. The molecule has 2 atom stereocenters. The van der Waals surface area contributed by atoms with Crippen LogP contribution in [0.15, 0.2) is 24.3 Å². The summed E-state index contributed by atoms with van der Waals surface area (Å²) in [6, 6.07) is 6.11. The van der Waals surface area contributed by atoms with Crippen molar-refractivity contribution >= 4 is 40.9 Å². The molecule has 684 valence electrons. The van der Waals surface area contributed by atoms with Gasteiger partial charge in [-0.05, 0) is 63.6 Å².